The van der Waals surface area contributed by atoms with Gasteiger partial charge in [0.25, 0.3) is 0 Å². The number of rotatable bonds is 5. The second-order valence-electron chi connectivity index (χ2n) is 4.56. The first-order valence-electron chi connectivity index (χ1n) is 6.27. The summed E-state index contributed by atoms with van der Waals surface area (Å²) >= 11 is 5.96. The fourth-order valence-corrected chi connectivity index (χ4v) is 2.14. The number of aromatic nitrogens is 2. The highest BCUT2D eigenvalue weighted by Crippen LogP contribution is 2.28. The average molecular weight is 256 g/mol. The Kier molecular flexibility index (Phi) is 4.75. The molecule has 1 heterocycles. The van der Waals surface area contributed by atoms with Crippen molar-refractivity contribution in [1.29, 1.82) is 0 Å². The van der Waals surface area contributed by atoms with Crippen molar-refractivity contribution < 1.29 is 0 Å². The molecule has 0 radical (unpaired) electrons. The second kappa shape index (κ2) is 5.67. The summed E-state index contributed by atoms with van der Waals surface area (Å²) in [5.74, 6) is 0.859. The van der Waals surface area contributed by atoms with Crippen molar-refractivity contribution >= 4 is 17.4 Å². The van der Waals surface area contributed by atoms with Gasteiger partial charge in [-0.3, -0.25) is 0 Å². The van der Waals surface area contributed by atoms with E-state index in [4.69, 9.17) is 11.6 Å². The van der Waals surface area contributed by atoms with Crippen molar-refractivity contribution in [2.45, 2.75) is 59.4 Å². The van der Waals surface area contributed by atoms with Crippen LogP contribution in [0.25, 0.3) is 0 Å². The minimum Gasteiger partial charge on any atom is -0.363 e. The van der Waals surface area contributed by atoms with E-state index in [1.54, 1.807) is 0 Å². The van der Waals surface area contributed by atoms with E-state index in [9.17, 15) is 0 Å². The second-order valence-corrected chi connectivity index (χ2v) is 4.91. The van der Waals surface area contributed by atoms with Gasteiger partial charge in [0.1, 0.15) is 0 Å². The largest absolute Gasteiger partial charge is 0.363 e. The molecule has 0 aliphatic carbocycles. The molecule has 0 aliphatic rings. The summed E-state index contributed by atoms with van der Waals surface area (Å²) < 4.78 is 0. The first-order chi connectivity index (χ1) is 7.99. The lowest BCUT2D eigenvalue weighted by Gasteiger charge is -2.33. The van der Waals surface area contributed by atoms with Crippen LogP contribution in [0.5, 0.6) is 0 Å². The van der Waals surface area contributed by atoms with Crippen molar-refractivity contribution in [3.8, 4) is 0 Å². The summed E-state index contributed by atoms with van der Waals surface area (Å²) in [6.07, 6.45) is 3.22. The Bertz CT molecular complexity index is 378. The van der Waals surface area contributed by atoms with Crippen molar-refractivity contribution in [2.24, 2.45) is 0 Å². The first-order valence-corrected chi connectivity index (χ1v) is 6.65. The standard InChI is InChI=1S/C13H22ClN3/c1-6-13(7-2,8-3)15-12-10(5)9(4)11(14)16-17-12/h6-8H2,1-5H3,(H,15,17). The van der Waals surface area contributed by atoms with Gasteiger partial charge in [0.15, 0.2) is 11.0 Å². The predicted octanol–water partition coefficient (Wildman–Crippen LogP) is 4.13. The van der Waals surface area contributed by atoms with Gasteiger partial charge < -0.3 is 5.32 Å². The molecule has 0 bridgehead atoms. The zero-order valence-corrected chi connectivity index (χ0v) is 12.1. The maximum absolute atomic E-state index is 5.96. The lowest BCUT2D eigenvalue weighted by Crippen LogP contribution is -2.37. The summed E-state index contributed by atoms with van der Waals surface area (Å²) in [5.41, 5.74) is 2.20. The number of nitrogens with zero attached hydrogens (tertiary/aromatic N) is 2. The van der Waals surface area contributed by atoms with Gasteiger partial charge >= 0.3 is 0 Å². The Balaban J connectivity index is 3.06. The molecule has 1 rings (SSSR count). The minimum absolute atomic E-state index is 0.111. The number of halogens is 1. The molecule has 0 aliphatic heterocycles. The summed E-state index contributed by atoms with van der Waals surface area (Å²) in [6, 6.07) is 0. The topological polar surface area (TPSA) is 37.8 Å². The van der Waals surface area contributed by atoms with E-state index in [0.29, 0.717) is 5.15 Å². The Hall–Kier alpha value is -0.830. The van der Waals surface area contributed by atoms with Crippen LogP contribution in [0, 0.1) is 13.8 Å². The summed E-state index contributed by atoms with van der Waals surface area (Å²) in [5, 5.41) is 12.2. The highest BCUT2D eigenvalue weighted by Gasteiger charge is 2.25. The van der Waals surface area contributed by atoms with E-state index in [1.165, 1.54) is 0 Å². The van der Waals surface area contributed by atoms with Crippen molar-refractivity contribution in [3.05, 3.63) is 16.3 Å². The molecule has 17 heavy (non-hydrogen) atoms. The summed E-state index contributed by atoms with van der Waals surface area (Å²) in [7, 11) is 0. The molecule has 1 aromatic rings. The summed E-state index contributed by atoms with van der Waals surface area (Å²) in [6.45, 7) is 10.6. The van der Waals surface area contributed by atoms with E-state index in [1.807, 2.05) is 13.8 Å². The Morgan fingerprint density at radius 2 is 1.53 bits per heavy atom. The van der Waals surface area contributed by atoms with E-state index in [2.05, 4.69) is 36.3 Å². The van der Waals surface area contributed by atoms with Gasteiger partial charge in [-0.25, -0.2) is 0 Å². The fourth-order valence-electron chi connectivity index (χ4n) is 1.96. The Morgan fingerprint density at radius 3 is 2.00 bits per heavy atom. The molecule has 0 saturated heterocycles. The number of anilines is 1. The van der Waals surface area contributed by atoms with Crippen LogP contribution in [0.2, 0.25) is 5.15 Å². The predicted molar refractivity (Wildman–Crippen MR) is 73.7 cm³/mol. The molecule has 1 aromatic heterocycles. The van der Waals surface area contributed by atoms with E-state index < -0.39 is 0 Å². The highest BCUT2D eigenvalue weighted by atomic mass is 35.5. The normalized spacial score (nSPS) is 11.6. The number of hydrogen-bond acceptors (Lipinski definition) is 3. The maximum Gasteiger partial charge on any atom is 0.155 e. The van der Waals surface area contributed by atoms with Crippen LogP contribution >= 0.6 is 11.6 Å². The van der Waals surface area contributed by atoms with E-state index >= 15 is 0 Å². The lowest BCUT2D eigenvalue weighted by atomic mass is 9.89. The Labute approximate surface area is 109 Å². The van der Waals surface area contributed by atoms with Crippen LogP contribution in [0.1, 0.15) is 51.2 Å². The number of nitrogens with one attached hydrogen (secondary N) is 1. The van der Waals surface area contributed by atoms with Crippen molar-refractivity contribution in [1.82, 2.24) is 10.2 Å². The first kappa shape index (κ1) is 14.2. The van der Waals surface area contributed by atoms with E-state index in [-0.39, 0.29) is 5.54 Å². The summed E-state index contributed by atoms with van der Waals surface area (Å²) in [4.78, 5) is 0. The van der Waals surface area contributed by atoms with Crippen molar-refractivity contribution in [2.75, 3.05) is 5.32 Å². The molecule has 1 N–H and O–H groups in total. The highest BCUT2D eigenvalue weighted by molar-refractivity contribution is 6.30. The van der Waals surface area contributed by atoms with Crippen LogP contribution in [-0.4, -0.2) is 15.7 Å². The third kappa shape index (κ3) is 2.89. The monoisotopic (exact) mass is 255 g/mol. The van der Waals surface area contributed by atoms with Gasteiger partial charge in [0, 0.05) is 5.54 Å². The smallest absolute Gasteiger partial charge is 0.155 e. The molecule has 0 saturated carbocycles. The van der Waals surface area contributed by atoms with Crippen molar-refractivity contribution in [3.63, 3.8) is 0 Å². The van der Waals surface area contributed by atoms with Gasteiger partial charge in [-0.05, 0) is 44.2 Å². The molecule has 0 amide bonds. The zero-order valence-electron chi connectivity index (χ0n) is 11.4. The molecule has 0 aromatic carbocycles. The molecule has 0 spiro atoms. The molecule has 0 fully saturated rings. The van der Waals surface area contributed by atoms with E-state index in [0.717, 1.165) is 36.2 Å². The molecule has 3 nitrogen and oxygen atoms in total. The maximum atomic E-state index is 5.96. The van der Waals surface area contributed by atoms with Gasteiger partial charge in [-0.2, -0.15) is 0 Å². The van der Waals surface area contributed by atoms with Gasteiger partial charge in [0.05, 0.1) is 0 Å². The third-order valence-electron chi connectivity index (χ3n) is 3.88. The molecular formula is C13H22ClN3. The fraction of sp³-hybridized carbons (Fsp3) is 0.692. The third-order valence-corrected chi connectivity index (χ3v) is 4.24. The lowest BCUT2D eigenvalue weighted by molar-refractivity contribution is 0.418. The van der Waals surface area contributed by atoms with Crippen LogP contribution < -0.4 is 5.32 Å². The number of hydrogen-bond donors (Lipinski definition) is 1. The zero-order chi connectivity index (χ0) is 13.1. The molecule has 4 heteroatoms. The van der Waals surface area contributed by atoms with Gasteiger partial charge in [-0.15, -0.1) is 10.2 Å². The van der Waals surface area contributed by atoms with Crippen LogP contribution in [0.15, 0.2) is 0 Å². The molecule has 0 unspecified atom stereocenters. The van der Waals surface area contributed by atoms with Crippen LogP contribution in [0.4, 0.5) is 5.82 Å². The van der Waals surface area contributed by atoms with Crippen LogP contribution in [0.3, 0.4) is 0 Å². The van der Waals surface area contributed by atoms with Crippen LogP contribution in [-0.2, 0) is 0 Å². The average Bonchev–Trinajstić information content (AvgIpc) is 2.36. The molecule has 0 atom stereocenters. The van der Waals surface area contributed by atoms with Gasteiger partial charge in [-0.1, -0.05) is 32.4 Å². The Morgan fingerprint density at radius 1 is 1.00 bits per heavy atom. The SMILES string of the molecule is CCC(CC)(CC)Nc1nnc(Cl)c(C)c1C. The quantitative estimate of drug-likeness (QED) is 0.860. The molecular weight excluding hydrogens is 234 g/mol. The molecule has 96 valence electrons. The van der Waals surface area contributed by atoms with Gasteiger partial charge in [0.2, 0.25) is 0 Å². The minimum atomic E-state index is 0.111.